The van der Waals surface area contributed by atoms with Crippen LogP contribution in [0.25, 0.3) is 0 Å². The Hall–Kier alpha value is -0.860. The SMILES string of the molecule is CCCCCC1C(=O)NN=C1C. The average Bonchev–Trinajstić information content (AvgIpc) is 2.35. The highest BCUT2D eigenvalue weighted by atomic mass is 16.2. The van der Waals surface area contributed by atoms with Gasteiger partial charge in [0, 0.05) is 5.71 Å². The summed E-state index contributed by atoms with van der Waals surface area (Å²) >= 11 is 0. The van der Waals surface area contributed by atoms with E-state index in [-0.39, 0.29) is 11.8 Å². The Morgan fingerprint density at radius 3 is 2.75 bits per heavy atom. The molecule has 0 spiro atoms. The Kier molecular flexibility index (Phi) is 3.26. The number of rotatable bonds is 4. The van der Waals surface area contributed by atoms with Crippen molar-refractivity contribution in [1.82, 2.24) is 5.43 Å². The molecule has 0 aromatic rings. The highest BCUT2D eigenvalue weighted by Crippen LogP contribution is 2.15. The second kappa shape index (κ2) is 4.24. The fourth-order valence-electron chi connectivity index (χ4n) is 1.43. The van der Waals surface area contributed by atoms with E-state index in [1.807, 2.05) is 6.92 Å². The molecule has 1 N–H and O–H groups in total. The van der Waals surface area contributed by atoms with Gasteiger partial charge in [-0.2, -0.15) is 5.10 Å². The van der Waals surface area contributed by atoms with Gasteiger partial charge in [0.05, 0.1) is 5.92 Å². The molecule has 0 bridgehead atoms. The van der Waals surface area contributed by atoms with Crippen LogP contribution in [0.5, 0.6) is 0 Å². The van der Waals surface area contributed by atoms with E-state index in [1.54, 1.807) is 0 Å². The zero-order chi connectivity index (χ0) is 8.97. The van der Waals surface area contributed by atoms with Gasteiger partial charge < -0.3 is 0 Å². The summed E-state index contributed by atoms with van der Waals surface area (Å²) in [7, 11) is 0. The van der Waals surface area contributed by atoms with Gasteiger partial charge in [0.15, 0.2) is 0 Å². The Morgan fingerprint density at radius 1 is 1.50 bits per heavy atom. The van der Waals surface area contributed by atoms with Crippen LogP contribution < -0.4 is 5.43 Å². The highest BCUT2D eigenvalue weighted by molar-refractivity contribution is 6.06. The van der Waals surface area contributed by atoms with Crippen molar-refractivity contribution >= 4 is 11.6 Å². The number of amides is 1. The lowest BCUT2D eigenvalue weighted by molar-refractivity contribution is -0.122. The van der Waals surface area contributed by atoms with Crippen LogP contribution in [0.4, 0.5) is 0 Å². The Labute approximate surface area is 73.2 Å². The zero-order valence-corrected chi connectivity index (χ0v) is 7.76. The number of hydrogen-bond donors (Lipinski definition) is 1. The minimum atomic E-state index is 0.0524. The maximum atomic E-state index is 11.2. The monoisotopic (exact) mass is 168 g/mol. The Balaban J connectivity index is 2.31. The normalized spacial score (nSPS) is 22.3. The Bertz CT molecular complexity index is 199. The quantitative estimate of drug-likeness (QED) is 0.638. The molecule has 1 aliphatic rings. The maximum Gasteiger partial charge on any atom is 0.248 e. The van der Waals surface area contributed by atoms with E-state index in [0.717, 1.165) is 18.6 Å². The van der Waals surface area contributed by atoms with Crippen LogP contribution in [0.2, 0.25) is 0 Å². The molecule has 3 nitrogen and oxygen atoms in total. The third-order valence-electron chi connectivity index (χ3n) is 2.26. The van der Waals surface area contributed by atoms with Crippen LogP contribution in [0.1, 0.15) is 39.5 Å². The molecule has 0 saturated heterocycles. The van der Waals surface area contributed by atoms with Gasteiger partial charge in [-0.3, -0.25) is 4.79 Å². The molecule has 0 aliphatic carbocycles. The maximum absolute atomic E-state index is 11.2. The summed E-state index contributed by atoms with van der Waals surface area (Å²) in [6.07, 6.45) is 4.48. The molecule has 1 heterocycles. The number of hydrogen-bond acceptors (Lipinski definition) is 2. The van der Waals surface area contributed by atoms with E-state index >= 15 is 0 Å². The van der Waals surface area contributed by atoms with E-state index in [1.165, 1.54) is 12.8 Å². The standard InChI is InChI=1S/C9H16N2O/c1-3-4-5-6-8-7(2)10-11-9(8)12/h8H,3-6H2,1-2H3,(H,11,12). The van der Waals surface area contributed by atoms with Crippen LogP contribution in [-0.4, -0.2) is 11.6 Å². The number of carbonyl (C=O) groups is 1. The van der Waals surface area contributed by atoms with Crippen LogP contribution in [0, 0.1) is 5.92 Å². The molecule has 3 heteroatoms. The van der Waals surface area contributed by atoms with Crippen molar-refractivity contribution in [3.05, 3.63) is 0 Å². The zero-order valence-electron chi connectivity index (χ0n) is 7.76. The summed E-state index contributed by atoms with van der Waals surface area (Å²) in [6.45, 7) is 4.07. The fourth-order valence-corrected chi connectivity index (χ4v) is 1.43. The second-order valence-electron chi connectivity index (χ2n) is 3.28. The fraction of sp³-hybridized carbons (Fsp3) is 0.778. The van der Waals surface area contributed by atoms with Gasteiger partial charge in [-0.1, -0.05) is 26.2 Å². The lowest BCUT2D eigenvalue weighted by atomic mass is 9.97. The van der Waals surface area contributed by atoms with Crippen molar-refractivity contribution < 1.29 is 4.79 Å². The van der Waals surface area contributed by atoms with Crippen LogP contribution in [-0.2, 0) is 4.79 Å². The Morgan fingerprint density at radius 2 is 2.25 bits per heavy atom. The van der Waals surface area contributed by atoms with E-state index in [2.05, 4.69) is 17.5 Å². The molecule has 12 heavy (non-hydrogen) atoms. The first kappa shape index (κ1) is 9.23. The molecule has 0 fully saturated rings. The van der Waals surface area contributed by atoms with Gasteiger partial charge in [-0.15, -0.1) is 0 Å². The third-order valence-corrected chi connectivity index (χ3v) is 2.26. The molecule has 1 rings (SSSR count). The number of hydrazone groups is 1. The first-order chi connectivity index (χ1) is 5.75. The first-order valence-corrected chi connectivity index (χ1v) is 4.59. The largest absolute Gasteiger partial charge is 0.272 e. The minimum Gasteiger partial charge on any atom is -0.272 e. The molecule has 0 saturated carbocycles. The molecular formula is C9H16N2O. The number of nitrogens with one attached hydrogen (secondary N) is 1. The second-order valence-corrected chi connectivity index (χ2v) is 3.28. The van der Waals surface area contributed by atoms with E-state index < -0.39 is 0 Å². The molecule has 1 amide bonds. The van der Waals surface area contributed by atoms with E-state index in [0.29, 0.717) is 0 Å². The van der Waals surface area contributed by atoms with Crippen LogP contribution in [0.15, 0.2) is 5.10 Å². The molecule has 1 aliphatic heterocycles. The smallest absolute Gasteiger partial charge is 0.248 e. The number of unbranched alkanes of at least 4 members (excludes halogenated alkanes) is 2. The summed E-state index contributed by atoms with van der Waals surface area (Å²) in [5.41, 5.74) is 3.44. The molecule has 0 aromatic heterocycles. The van der Waals surface area contributed by atoms with Gasteiger partial charge in [0.2, 0.25) is 5.91 Å². The van der Waals surface area contributed by atoms with Gasteiger partial charge in [0.1, 0.15) is 0 Å². The molecular weight excluding hydrogens is 152 g/mol. The van der Waals surface area contributed by atoms with Crippen molar-refractivity contribution in [3.8, 4) is 0 Å². The van der Waals surface area contributed by atoms with Crippen molar-refractivity contribution in [3.63, 3.8) is 0 Å². The van der Waals surface area contributed by atoms with Crippen LogP contribution in [0.3, 0.4) is 0 Å². The van der Waals surface area contributed by atoms with Crippen LogP contribution >= 0.6 is 0 Å². The summed E-state index contributed by atoms with van der Waals surface area (Å²) in [6, 6.07) is 0. The molecule has 1 atom stereocenters. The predicted octanol–water partition coefficient (Wildman–Crippen LogP) is 1.69. The average molecular weight is 168 g/mol. The summed E-state index contributed by atoms with van der Waals surface area (Å²) in [5.74, 6) is 0.125. The van der Waals surface area contributed by atoms with Crippen molar-refractivity contribution in [2.24, 2.45) is 11.0 Å². The van der Waals surface area contributed by atoms with E-state index in [9.17, 15) is 4.79 Å². The van der Waals surface area contributed by atoms with Crippen molar-refractivity contribution in [2.75, 3.05) is 0 Å². The topological polar surface area (TPSA) is 41.5 Å². The van der Waals surface area contributed by atoms with Gasteiger partial charge >= 0.3 is 0 Å². The predicted molar refractivity (Wildman–Crippen MR) is 48.9 cm³/mol. The minimum absolute atomic E-state index is 0.0524. The lowest BCUT2D eigenvalue weighted by Crippen LogP contribution is -2.21. The third kappa shape index (κ3) is 2.06. The molecule has 1 unspecified atom stereocenters. The molecule has 0 radical (unpaired) electrons. The summed E-state index contributed by atoms with van der Waals surface area (Å²) < 4.78 is 0. The number of nitrogens with zero attached hydrogens (tertiary/aromatic N) is 1. The lowest BCUT2D eigenvalue weighted by Gasteiger charge is -2.05. The van der Waals surface area contributed by atoms with Gasteiger partial charge in [-0.25, -0.2) is 5.43 Å². The van der Waals surface area contributed by atoms with Gasteiger partial charge in [-0.05, 0) is 13.3 Å². The van der Waals surface area contributed by atoms with Gasteiger partial charge in [0.25, 0.3) is 0 Å². The molecule has 68 valence electrons. The summed E-state index contributed by atoms with van der Waals surface area (Å²) in [5, 5.41) is 3.89. The molecule has 0 aromatic carbocycles. The van der Waals surface area contributed by atoms with E-state index in [4.69, 9.17) is 0 Å². The summed E-state index contributed by atoms with van der Waals surface area (Å²) in [4.78, 5) is 11.2. The van der Waals surface area contributed by atoms with Crippen molar-refractivity contribution in [1.29, 1.82) is 0 Å². The number of carbonyl (C=O) groups excluding carboxylic acids is 1. The van der Waals surface area contributed by atoms with Crippen molar-refractivity contribution in [2.45, 2.75) is 39.5 Å². The first-order valence-electron chi connectivity index (χ1n) is 4.59. The highest BCUT2D eigenvalue weighted by Gasteiger charge is 2.25.